The fraction of sp³-hybridized carbons (Fsp3) is 0.650. The highest BCUT2D eigenvalue weighted by molar-refractivity contribution is 5.88. The maximum Gasteiger partial charge on any atom is 0.338 e. The lowest BCUT2D eigenvalue weighted by atomic mass is 9.68. The van der Waals surface area contributed by atoms with Crippen LogP contribution < -0.4 is 0 Å². The molecule has 3 rings (SSSR count). The molecule has 0 unspecified atom stereocenters. The van der Waals surface area contributed by atoms with Crippen LogP contribution in [0.25, 0.3) is 0 Å². The quantitative estimate of drug-likeness (QED) is 0.761. The molecule has 24 heavy (non-hydrogen) atoms. The zero-order valence-corrected chi connectivity index (χ0v) is 14.2. The summed E-state index contributed by atoms with van der Waals surface area (Å²) in [6.07, 6.45) is 9.16. The summed E-state index contributed by atoms with van der Waals surface area (Å²) < 4.78 is 28.2. The van der Waals surface area contributed by atoms with Crippen LogP contribution in [-0.2, 0) is 0 Å². The minimum absolute atomic E-state index is 0.0149. The molecule has 0 aromatic heterocycles. The van der Waals surface area contributed by atoms with Gasteiger partial charge in [-0.25, -0.2) is 13.6 Å². The molecule has 0 bridgehead atoms. The third-order valence-electron chi connectivity index (χ3n) is 6.28. The Kier molecular flexibility index (Phi) is 5.21. The second-order valence-corrected chi connectivity index (χ2v) is 7.77. The van der Waals surface area contributed by atoms with Crippen molar-refractivity contribution in [3.05, 3.63) is 34.9 Å². The lowest BCUT2D eigenvalue weighted by molar-refractivity contribution is 0.0690. The van der Waals surface area contributed by atoms with Crippen LogP contribution in [-0.4, -0.2) is 11.1 Å². The van der Waals surface area contributed by atoms with Gasteiger partial charge in [0.15, 0.2) is 11.6 Å². The molecule has 2 saturated carbocycles. The molecule has 0 radical (unpaired) electrons. The summed E-state index contributed by atoms with van der Waals surface area (Å²) in [5, 5.41) is 8.88. The maximum absolute atomic E-state index is 14.3. The smallest absolute Gasteiger partial charge is 0.338 e. The average Bonchev–Trinajstić information content (AvgIpc) is 2.58. The number of carboxylic acids is 1. The van der Waals surface area contributed by atoms with Gasteiger partial charge in [-0.15, -0.1) is 0 Å². The van der Waals surface area contributed by atoms with Gasteiger partial charge in [-0.1, -0.05) is 25.8 Å². The third-order valence-corrected chi connectivity index (χ3v) is 6.28. The van der Waals surface area contributed by atoms with Gasteiger partial charge in [0.1, 0.15) is 0 Å². The second kappa shape index (κ2) is 7.20. The molecule has 1 aromatic carbocycles. The van der Waals surface area contributed by atoms with Gasteiger partial charge >= 0.3 is 5.97 Å². The number of aromatic carboxylic acids is 1. The number of halogens is 2. The van der Waals surface area contributed by atoms with Crippen LogP contribution in [0.3, 0.4) is 0 Å². The van der Waals surface area contributed by atoms with Crippen molar-refractivity contribution in [3.8, 4) is 0 Å². The van der Waals surface area contributed by atoms with Gasteiger partial charge in [0.25, 0.3) is 0 Å². The Balaban J connectivity index is 1.65. The summed E-state index contributed by atoms with van der Waals surface area (Å²) in [6.45, 7) is 2.32. The minimum atomic E-state index is -1.42. The molecule has 132 valence electrons. The predicted molar refractivity (Wildman–Crippen MR) is 89.1 cm³/mol. The number of hydrogen-bond acceptors (Lipinski definition) is 1. The number of carboxylic acid groups (broad SMARTS) is 1. The fourth-order valence-corrected chi connectivity index (χ4v) is 4.70. The monoisotopic (exact) mass is 336 g/mol. The molecule has 0 spiro atoms. The molecule has 0 atom stereocenters. The Labute approximate surface area is 142 Å². The van der Waals surface area contributed by atoms with Crippen LogP contribution in [0.2, 0.25) is 0 Å². The van der Waals surface area contributed by atoms with Crippen molar-refractivity contribution in [2.45, 2.75) is 64.2 Å². The molecule has 0 saturated heterocycles. The van der Waals surface area contributed by atoms with E-state index < -0.39 is 23.2 Å². The van der Waals surface area contributed by atoms with E-state index in [1.807, 2.05) is 0 Å². The van der Waals surface area contributed by atoms with E-state index in [-0.39, 0.29) is 5.92 Å². The molecule has 1 aromatic rings. The molecule has 0 aliphatic heterocycles. The summed E-state index contributed by atoms with van der Waals surface area (Å²) in [4.78, 5) is 10.9. The molecule has 2 aliphatic rings. The van der Waals surface area contributed by atoms with E-state index in [0.29, 0.717) is 5.56 Å². The van der Waals surface area contributed by atoms with Gasteiger partial charge in [-0.2, -0.15) is 0 Å². The second-order valence-electron chi connectivity index (χ2n) is 7.77. The van der Waals surface area contributed by atoms with Gasteiger partial charge in [0.05, 0.1) is 5.56 Å². The molecule has 0 heterocycles. The average molecular weight is 336 g/mol. The normalized spacial score (nSPS) is 31.0. The molecule has 0 amide bonds. The van der Waals surface area contributed by atoms with Gasteiger partial charge < -0.3 is 5.11 Å². The van der Waals surface area contributed by atoms with E-state index in [1.54, 1.807) is 0 Å². The molecule has 4 heteroatoms. The van der Waals surface area contributed by atoms with Crippen molar-refractivity contribution in [1.29, 1.82) is 0 Å². The van der Waals surface area contributed by atoms with E-state index in [2.05, 4.69) is 6.92 Å². The van der Waals surface area contributed by atoms with E-state index in [1.165, 1.54) is 37.8 Å². The molecular formula is C20H26F2O2. The Morgan fingerprint density at radius 3 is 2.00 bits per heavy atom. The maximum atomic E-state index is 14.3. The van der Waals surface area contributed by atoms with Gasteiger partial charge in [0.2, 0.25) is 0 Å². The molecule has 2 fully saturated rings. The predicted octanol–water partition coefficient (Wildman–Crippen LogP) is 5.76. The van der Waals surface area contributed by atoms with Gasteiger partial charge in [-0.05, 0) is 73.8 Å². The Morgan fingerprint density at radius 1 is 0.917 bits per heavy atom. The highest BCUT2D eigenvalue weighted by Crippen LogP contribution is 2.44. The number of carbonyl (C=O) groups is 1. The number of rotatable bonds is 3. The first-order valence-electron chi connectivity index (χ1n) is 9.18. The molecular weight excluding hydrogens is 310 g/mol. The lowest BCUT2D eigenvalue weighted by Crippen LogP contribution is -2.25. The van der Waals surface area contributed by atoms with Crippen molar-refractivity contribution >= 4 is 5.97 Å². The van der Waals surface area contributed by atoms with E-state index >= 15 is 0 Å². The van der Waals surface area contributed by atoms with Gasteiger partial charge in [0, 0.05) is 0 Å². The molecule has 1 N–H and O–H groups in total. The third kappa shape index (κ3) is 3.47. The summed E-state index contributed by atoms with van der Waals surface area (Å²) in [5.74, 6) is -1.22. The Hall–Kier alpha value is -1.45. The fourth-order valence-electron chi connectivity index (χ4n) is 4.70. The van der Waals surface area contributed by atoms with Crippen LogP contribution in [0.4, 0.5) is 8.78 Å². The molecule has 2 aliphatic carbocycles. The number of benzene rings is 1. The summed E-state index contributed by atoms with van der Waals surface area (Å²) in [7, 11) is 0. The minimum Gasteiger partial charge on any atom is -0.478 e. The van der Waals surface area contributed by atoms with Crippen molar-refractivity contribution < 1.29 is 18.7 Å². The van der Waals surface area contributed by atoms with Crippen LogP contribution >= 0.6 is 0 Å². The van der Waals surface area contributed by atoms with Crippen molar-refractivity contribution in [2.24, 2.45) is 17.8 Å². The zero-order valence-electron chi connectivity index (χ0n) is 14.2. The van der Waals surface area contributed by atoms with Gasteiger partial charge in [-0.3, -0.25) is 0 Å². The summed E-state index contributed by atoms with van der Waals surface area (Å²) >= 11 is 0. The Morgan fingerprint density at radius 2 is 1.46 bits per heavy atom. The lowest BCUT2D eigenvalue weighted by Gasteiger charge is -2.37. The first-order valence-corrected chi connectivity index (χ1v) is 9.18. The van der Waals surface area contributed by atoms with E-state index in [0.717, 1.165) is 43.4 Å². The summed E-state index contributed by atoms with van der Waals surface area (Å²) in [6, 6.07) is 2.67. The van der Waals surface area contributed by atoms with E-state index in [4.69, 9.17) is 5.11 Å². The Bertz CT molecular complexity index is 598. The van der Waals surface area contributed by atoms with Crippen molar-refractivity contribution in [1.82, 2.24) is 0 Å². The first-order chi connectivity index (χ1) is 11.5. The van der Waals surface area contributed by atoms with E-state index in [9.17, 15) is 13.6 Å². The number of hydrogen-bond donors (Lipinski definition) is 1. The molecule has 2 nitrogen and oxygen atoms in total. The van der Waals surface area contributed by atoms with Crippen LogP contribution in [0.15, 0.2) is 12.1 Å². The van der Waals surface area contributed by atoms with Crippen LogP contribution in [0.5, 0.6) is 0 Å². The standard InChI is InChI=1S/C20H26F2O2/c1-12-2-4-13(5-3-12)14-6-8-15(9-7-14)16-10-11-17(20(23)24)19(22)18(16)21/h10-15H,2-9H2,1H3,(H,23,24). The zero-order chi connectivity index (χ0) is 17.3. The topological polar surface area (TPSA) is 37.3 Å². The first kappa shape index (κ1) is 17.4. The summed E-state index contributed by atoms with van der Waals surface area (Å²) in [5.41, 5.74) is -0.227. The SMILES string of the molecule is CC1CCC(C2CCC(c3ccc(C(=O)O)c(F)c3F)CC2)CC1. The van der Waals surface area contributed by atoms with Crippen molar-refractivity contribution in [2.75, 3.05) is 0 Å². The highest BCUT2D eigenvalue weighted by atomic mass is 19.2. The van der Waals surface area contributed by atoms with Crippen molar-refractivity contribution in [3.63, 3.8) is 0 Å². The van der Waals surface area contributed by atoms with Crippen LogP contribution in [0, 0.1) is 29.4 Å². The van der Waals surface area contributed by atoms with Crippen LogP contribution in [0.1, 0.15) is 80.1 Å². The largest absolute Gasteiger partial charge is 0.478 e. The highest BCUT2D eigenvalue weighted by Gasteiger charge is 2.32.